The van der Waals surface area contributed by atoms with Gasteiger partial charge in [0.15, 0.2) is 17.5 Å². The number of morpholine rings is 1. The van der Waals surface area contributed by atoms with E-state index in [1.807, 2.05) is 0 Å². The number of hydrogen-bond donors (Lipinski definition) is 2. The zero-order valence-corrected chi connectivity index (χ0v) is 25.5. The first kappa shape index (κ1) is 28.5. The molecule has 0 amide bonds. The highest BCUT2D eigenvalue weighted by molar-refractivity contribution is 6.01. The van der Waals surface area contributed by atoms with E-state index in [0.717, 1.165) is 71.1 Å². The second-order valence-corrected chi connectivity index (χ2v) is 14.1. The van der Waals surface area contributed by atoms with Crippen molar-refractivity contribution in [2.75, 3.05) is 50.9 Å². The van der Waals surface area contributed by atoms with Crippen molar-refractivity contribution in [2.45, 2.75) is 56.1 Å². The fourth-order valence-corrected chi connectivity index (χ4v) is 7.97. The van der Waals surface area contributed by atoms with Crippen LogP contribution in [-0.2, 0) is 4.74 Å². The van der Waals surface area contributed by atoms with Crippen LogP contribution in [0.1, 0.15) is 38.5 Å². The Morgan fingerprint density at radius 1 is 0.957 bits per heavy atom. The number of piperazine rings is 1. The van der Waals surface area contributed by atoms with Crippen molar-refractivity contribution >= 4 is 27.5 Å². The summed E-state index contributed by atoms with van der Waals surface area (Å²) in [6, 6.07) is 9.00. The van der Waals surface area contributed by atoms with Gasteiger partial charge in [0.2, 0.25) is 0 Å². The summed E-state index contributed by atoms with van der Waals surface area (Å²) in [6.45, 7) is 5.29. The average Bonchev–Trinajstić information content (AvgIpc) is 3.98. The summed E-state index contributed by atoms with van der Waals surface area (Å²) in [5.74, 6) is -2.42. The number of anilines is 1. The van der Waals surface area contributed by atoms with Gasteiger partial charge in [0.1, 0.15) is 17.1 Å². The predicted molar refractivity (Wildman–Crippen MR) is 168 cm³/mol. The van der Waals surface area contributed by atoms with E-state index in [1.165, 1.54) is 37.1 Å². The van der Waals surface area contributed by atoms with E-state index in [1.54, 1.807) is 6.07 Å². The van der Waals surface area contributed by atoms with Gasteiger partial charge >= 0.3 is 6.01 Å². The molecule has 2 N–H and O–H groups in total. The summed E-state index contributed by atoms with van der Waals surface area (Å²) in [6.07, 6.45) is 6.58. The Morgan fingerprint density at radius 2 is 1.76 bits per heavy atom. The van der Waals surface area contributed by atoms with Crippen molar-refractivity contribution in [3.63, 3.8) is 0 Å². The molecule has 2 saturated carbocycles. The SMILES string of the molecule is Oc1cc(-c2ccc3c(N4CC5CCC(C4)N5)nc(OCC4(CN5CCOCC56CC6)CC4)nc3c2F)c2c(F)c(F)ccc2c1. The smallest absolute Gasteiger partial charge is 0.319 e. The number of ether oxygens (including phenoxy) is 2. The molecule has 4 heterocycles. The van der Waals surface area contributed by atoms with Crippen LogP contribution in [0.5, 0.6) is 11.8 Å². The Labute approximate surface area is 264 Å². The van der Waals surface area contributed by atoms with Crippen LogP contribution < -0.4 is 15.0 Å². The maximum atomic E-state index is 16.7. The molecule has 2 unspecified atom stereocenters. The molecular formula is C35H36F3N5O3. The van der Waals surface area contributed by atoms with E-state index in [-0.39, 0.29) is 50.1 Å². The Balaban J connectivity index is 1.11. The van der Waals surface area contributed by atoms with Crippen LogP contribution in [0.25, 0.3) is 32.8 Å². The Bertz CT molecular complexity index is 1870. The molecule has 0 radical (unpaired) electrons. The highest BCUT2D eigenvalue weighted by atomic mass is 19.2. The first-order chi connectivity index (χ1) is 22.3. The minimum absolute atomic E-state index is 0.00202. The quantitative estimate of drug-likeness (QED) is 0.276. The van der Waals surface area contributed by atoms with Gasteiger partial charge in [0.25, 0.3) is 0 Å². The molecule has 46 heavy (non-hydrogen) atoms. The maximum absolute atomic E-state index is 16.7. The number of aromatic hydroxyl groups is 1. The molecule has 3 aliphatic heterocycles. The minimum atomic E-state index is -1.10. The third kappa shape index (κ3) is 4.77. The first-order valence-electron chi connectivity index (χ1n) is 16.4. The number of phenols is 1. The van der Waals surface area contributed by atoms with Gasteiger partial charge in [-0.3, -0.25) is 4.90 Å². The van der Waals surface area contributed by atoms with E-state index >= 15 is 8.78 Å². The molecule has 5 fully saturated rings. The van der Waals surface area contributed by atoms with Crippen molar-refractivity contribution < 1.29 is 27.8 Å². The van der Waals surface area contributed by atoms with Gasteiger partial charge in [-0.15, -0.1) is 0 Å². The summed E-state index contributed by atoms with van der Waals surface area (Å²) in [5, 5.41) is 14.8. The van der Waals surface area contributed by atoms with E-state index < -0.39 is 17.5 Å². The highest BCUT2D eigenvalue weighted by Crippen LogP contribution is 2.51. The van der Waals surface area contributed by atoms with Crippen LogP contribution >= 0.6 is 0 Å². The number of rotatable bonds is 7. The highest BCUT2D eigenvalue weighted by Gasteiger charge is 2.54. The lowest BCUT2D eigenvalue weighted by Gasteiger charge is -2.38. The molecule has 3 aromatic carbocycles. The monoisotopic (exact) mass is 631 g/mol. The molecule has 9 rings (SSSR count). The molecular weight excluding hydrogens is 595 g/mol. The van der Waals surface area contributed by atoms with Gasteiger partial charge in [-0.25, -0.2) is 13.2 Å². The summed E-state index contributed by atoms with van der Waals surface area (Å²) < 4.78 is 58.4. The minimum Gasteiger partial charge on any atom is -0.508 e. The van der Waals surface area contributed by atoms with Crippen molar-refractivity contribution in [3.05, 3.63) is 53.8 Å². The third-order valence-corrected chi connectivity index (χ3v) is 10.9. The summed E-state index contributed by atoms with van der Waals surface area (Å²) in [5.41, 5.74) is 0.286. The van der Waals surface area contributed by atoms with Gasteiger partial charge in [0, 0.05) is 65.6 Å². The van der Waals surface area contributed by atoms with Crippen LogP contribution in [0.2, 0.25) is 0 Å². The molecule has 1 aromatic heterocycles. The lowest BCUT2D eigenvalue weighted by molar-refractivity contribution is -0.0326. The molecule has 3 saturated heterocycles. The topological polar surface area (TPSA) is 83.0 Å². The molecule has 5 aliphatic rings. The molecule has 11 heteroatoms. The molecule has 2 bridgehead atoms. The van der Waals surface area contributed by atoms with Crippen LogP contribution in [-0.4, -0.2) is 83.6 Å². The largest absolute Gasteiger partial charge is 0.508 e. The number of nitrogens with one attached hydrogen (secondary N) is 1. The van der Waals surface area contributed by atoms with E-state index in [4.69, 9.17) is 14.5 Å². The fraction of sp³-hybridized carbons (Fsp3) is 0.486. The summed E-state index contributed by atoms with van der Waals surface area (Å²) in [7, 11) is 0. The van der Waals surface area contributed by atoms with Crippen LogP contribution in [0.15, 0.2) is 36.4 Å². The number of halogens is 3. The van der Waals surface area contributed by atoms with Crippen molar-refractivity contribution in [1.82, 2.24) is 20.2 Å². The lowest BCUT2D eigenvalue weighted by Crippen LogP contribution is -2.51. The van der Waals surface area contributed by atoms with Gasteiger partial charge in [-0.05, 0) is 73.7 Å². The van der Waals surface area contributed by atoms with Crippen molar-refractivity contribution in [1.29, 1.82) is 0 Å². The molecule has 1 spiro atoms. The number of aromatic nitrogens is 2. The van der Waals surface area contributed by atoms with Gasteiger partial charge in [-0.2, -0.15) is 9.97 Å². The molecule has 2 atom stereocenters. The van der Waals surface area contributed by atoms with Gasteiger partial charge in [0.05, 0.1) is 19.8 Å². The fourth-order valence-electron chi connectivity index (χ4n) is 7.97. The van der Waals surface area contributed by atoms with Crippen LogP contribution in [0.4, 0.5) is 19.0 Å². The van der Waals surface area contributed by atoms with E-state index in [0.29, 0.717) is 29.9 Å². The first-order valence-corrected chi connectivity index (χ1v) is 16.4. The van der Waals surface area contributed by atoms with Crippen LogP contribution in [0, 0.1) is 22.9 Å². The summed E-state index contributed by atoms with van der Waals surface area (Å²) in [4.78, 5) is 14.3. The second kappa shape index (κ2) is 10.4. The Morgan fingerprint density at radius 3 is 2.52 bits per heavy atom. The normalized spacial score (nSPS) is 24.6. The van der Waals surface area contributed by atoms with Crippen molar-refractivity contribution in [3.8, 4) is 22.9 Å². The number of phenolic OH excluding ortho intramolecular Hbond substituents is 1. The number of benzene rings is 3. The molecule has 8 nitrogen and oxygen atoms in total. The third-order valence-electron chi connectivity index (χ3n) is 10.9. The number of fused-ring (bicyclic) bond motifs is 4. The lowest BCUT2D eigenvalue weighted by atomic mass is 9.95. The molecule has 240 valence electrons. The van der Waals surface area contributed by atoms with E-state index in [9.17, 15) is 9.50 Å². The standard InChI is InChI=1S/C35H36F3N5O3/c36-27-6-1-20-13-23(44)14-26(28(20)30(27)38)24-4-5-25-31(29(24)37)40-33(41-32(25)42-15-21-2-3-22(16-42)39-21)46-18-34(7-8-34)17-43-11-12-45-19-35(43)9-10-35/h1,4-6,13-14,21-22,39,44H,2-3,7-12,15-19H2. The summed E-state index contributed by atoms with van der Waals surface area (Å²) >= 11 is 0. The molecule has 2 aliphatic carbocycles. The Kier molecular flexibility index (Phi) is 6.46. The Hall–Kier alpha value is -3.67. The maximum Gasteiger partial charge on any atom is 0.319 e. The zero-order valence-electron chi connectivity index (χ0n) is 25.5. The number of nitrogens with zero attached hydrogens (tertiary/aromatic N) is 4. The predicted octanol–water partition coefficient (Wildman–Crippen LogP) is 5.54. The zero-order chi connectivity index (χ0) is 31.2. The van der Waals surface area contributed by atoms with Crippen LogP contribution in [0.3, 0.4) is 0 Å². The second-order valence-electron chi connectivity index (χ2n) is 14.1. The van der Waals surface area contributed by atoms with Gasteiger partial charge < -0.3 is 24.8 Å². The van der Waals surface area contributed by atoms with E-state index in [2.05, 4.69) is 20.1 Å². The number of hydrogen-bond acceptors (Lipinski definition) is 8. The molecule has 4 aromatic rings. The average molecular weight is 632 g/mol. The van der Waals surface area contributed by atoms with Crippen molar-refractivity contribution in [2.24, 2.45) is 5.41 Å². The van der Waals surface area contributed by atoms with Gasteiger partial charge in [-0.1, -0.05) is 12.1 Å².